The zero-order valence-electron chi connectivity index (χ0n) is 10.8. The molecule has 1 aliphatic heterocycles. The highest BCUT2D eigenvalue weighted by molar-refractivity contribution is 5.32. The number of piperidine rings is 1. The van der Waals surface area contributed by atoms with Gasteiger partial charge in [0.05, 0.1) is 0 Å². The third kappa shape index (κ3) is 3.66. The summed E-state index contributed by atoms with van der Waals surface area (Å²) in [6.45, 7) is 8.86. The van der Waals surface area contributed by atoms with Gasteiger partial charge in [-0.05, 0) is 51.4 Å². The summed E-state index contributed by atoms with van der Waals surface area (Å²) < 4.78 is 0. The van der Waals surface area contributed by atoms with Gasteiger partial charge < -0.3 is 10.2 Å². The first-order valence-electron chi connectivity index (χ1n) is 6.54. The number of nitrogens with one attached hydrogen (secondary N) is 1. The lowest BCUT2D eigenvalue weighted by molar-refractivity contribution is 0.198. The molecular weight excluding hydrogens is 212 g/mol. The Labute approximate surface area is 103 Å². The maximum Gasteiger partial charge on any atom is 0.129 e. The maximum absolute atomic E-state index is 4.36. The Morgan fingerprint density at radius 3 is 2.82 bits per heavy atom. The quantitative estimate of drug-likeness (QED) is 0.864. The lowest BCUT2D eigenvalue weighted by Crippen LogP contribution is -2.35. The summed E-state index contributed by atoms with van der Waals surface area (Å²) in [6, 6.07) is 1.94. The van der Waals surface area contributed by atoms with Crippen LogP contribution in [0.1, 0.15) is 25.6 Å². The number of aromatic nitrogens is 2. The molecule has 94 valence electrons. The van der Waals surface area contributed by atoms with Crippen LogP contribution in [-0.2, 0) is 0 Å². The number of nitrogens with zero attached hydrogens (tertiary/aromatic N) is 3. The molecule has 4 heteroatoms. The van der Waals surface area contributed by atoms with Crippen molar-refractivity contribution in [2.24, 2.45) is 5.92 Å². The molecule has 0 spiro atoms. The van der Waals surface area contributed by atoms with Gasteiger partial charge in [-0.25, -0.2) is 9.97 Å². The van der Waals surface area contributed by atoms with E-state index < -0.39 is 0 Å². The predicted octanol–water partition coefficient (Wildman–Crippen LogP) is 1.93. The summed E-state index contributed by atoms with van der Waals surface area (Å²) in [6.07, 6.45) is 4.40. The van der Waals surface area contributed by atoms with Gasteiger partial charge in [-0.3, -0.25) is 0 Å². The molecule has 4 nitrogen and oxygen atoms in total. The van der Waals surface area contributed by atoms with Crippen molar-refractivity contribution in [1.29, 1.82) is 0 Å². The average molecular weight is 234 g/mol. The van der Waals surface area contributed by atoms with E-state index in [4.69, 9.17) is 0 Å². The number of aryl methyl sites for hydroxylation is 1. The molecule has 2 rings (SSSR count). The summed E-state index contributed by atoms with van der Waals surface area (Å²) in [5, 5.41) is 3.42. The fourth-order valence-corrected chi connectivity index (χ4v) is 2.31. The molecule has 0 radical (unpaired) electrons. The van der Waals surface area contributed by atoms with E-state index in [9.17, 15) is 0 Å². The lowest BCUT2D eigenvalue weighted by atomic mass is 9.97. The van der Waals surface area contributed by atoms with E-state index in [0.29, 0.717) is 0 Å². The topological polar surface area (TPSA) is 41.0 Å². The van der Waals surface area contributed by atoms with Crippen LogP contribution in [0.2, 0.25) is 0 Å². The van der Waals surface area contributed by atoms with E-state index in [-0.39, 0.29) is 0 Å². The van der Waals surface area contributed by atoms with Gasteiger partial charge in [-0.2, -0.15) is 0 Å². The monoisotopic (exact) mass is 234 g/mol. The van der Waals surface area contributed by atoms with Crippen molar-refractivity contribution < 1.29 is 0 Å². The molecule has 0 atom stereocenters. The van der Waals surface area contributed by atoms with Gasteiger partial charge in [0.25, 0.3) is 0 Å². The molecule has 0 bridgehead atoms. The van der Waals surface area contributed by atoms with Crippen molar-refractivity contribution in [2.75, 3.05) is 31.5 Å². The van der Waals surface area contributed by atoms with Crippen molar-refractivity contribution in [3.8, 4) is 0 Å². The van der Waals surface area contributed by atoms with Crippen molar-refractivity contribution in [2.45, 2.75) is 26.7 Å². The second kappa shape index (κ2) is 5.96. The molecule has 0 unspecified atom stereocenters. The van der Waals surface area contributed by atoms with Crippen LogP contribution >= 0.6 is 0 Å². The van der Waals surface area contributed by atoms with Gasteiger partial charge >= 0.3 is 0 Å². The molecule has 0 amide bonds. The molecule has 17 heavy (non-hydrogen) atoms. The first-order valence-corrected chi connectivity index (χ1v) is 6.54. The Bertz CT molecular complexity index is 345. The van der Waals surface area contributed by atoms with Crippen LogP contribution in [0, 0.1) is 12.8 Å². The Morgan fingerprint density at radius 1 is 1.41 bits per heavy atom. The standard InChI is InChI=1S/C13H22N4/c1-3-17-8-5-12(6-9-17)10-15-13-4-7-14-11(2)16-13/h4,7,12H,3,5-6,8-10H2,1-2H3,(H,14,15,16). The van der Waals surface area contributed by atoms with Crippen LogP contribution in [0.25, 0.3) is 0 Å². The minimum absolute atomic E-state index is 0.785. The van der Waals surface area contributed by atoms with Crippen LogP contribution < -0.4 is 5.32 Å². The molecule has 1 N–H and O–H groups in total. The summed E-state index contributed by atoms with van der Waals surface area (Å²) in [7, 11) is 0. The second-order valence-corrected chi connectivity index (χ2v) is 4.75. The van der Waals surface area contributed by atoms with E-state index in [2.05, 4.69) is 27.1 Å². The van der Waals surface area contributed by atoms with Crippen LogP contribution in [0.5, 0.6) is 0 Å². The molecule has 2 heterocycles. The number of likely N-dealkylation sites (tertiary alicyclic amines) is 1. The third-order valence-corrected chi connectivity index (χ3v) is 3.50. The smallest absolute Gasteiger partial charge is 0.129 e. The normalized spacial score (nSPS) is 18.2. The summed E-state index contributed by atoms with van der Waals surface area (Å²) in [5.74, 6) is 2.57. The average Bonchev–Trinajstić information content (AvgIpc) is 2.37. The number of hydrogen-bond donors (Lipinski definition) is 1. The van der Waals surface area contributed by atoms with Gasteiger partial charge in [0.1, 0.15) is 11.6 Å². The van der Waals surface area contributed by atoms with E-state index in [1.165, 1.54) is 32.5 Å². The zero-order valence-corrected chi connectivity index (χ0v) is 10.8. The van der Waals surface area contributed by atoms with Crippen molar-refractivity contribution >= 4 is 5.82 Å². The Kier molecular flexibility index (Phi) is 4.31. The minimum atomic E-state index is 0.785. The van der Waals surface area contributed by atoms with Crippen molar-refractivity contribution in [3.05, 3.63) is 18.1 Å². The summed E-state index contributed by atoms with van der Waals surface area (Å²) in [5.41, 5.74) is 0. The van der Waals surface area contributed by atoms with Crippen molar-refractivity contribution in [3.63, 3.8) is 0 Å². The van der Waals surface area contributed by atoms with Crippen molar-refractivity contribution in [1.82, 2.24) is 14.9 Å². The van der Waals surface area contributed by atoms with E-state index >= 15 is 0 Å². The highest BCUT2D eigenvalue weighted by Gasteiger charge is 2.17. The number of hydrogen-bond acceptors (Lipinski definition) is 4. The Hall–Kier alpha value is -1.16. The highest BCUT2D eigenvalue weighted by Crippen LogP contribution is 2.17. The Morgan fingerprint density at radius 2 is 2.18 bits per heavy atom. The van der Waals surface area contributed by atoms with Gasteiger partial charge in [-0.15, -0.1) is 0 Å². The SMILES string of the molecule is CCN1CCC(CNc2ccnc(C)n2)CC1. The first-order chi connectivity index (χ1) is 8.28. The lowest BCUT2D eigenvalue weighted by Gasteiger charge is -2.31. The molecule has 0 aliphatic carbocycles. The summed E-state index contributed by atoms with van der Waals surface area (Å²) >= 11 is 0. The molecular formula is C13H22N4. The molecule has 1 fully saturated rings. The maximum atomic E-state index is 4.36. The number of anilines is 1. The highest BCUT2D eigenvalue weighted by atomic mass is 15.1. The first kappa shape index (κ1) is 12.3. The van der Waals surface area contributed by atoms with Crippen LogP contribution in [0.4, 0.5) is 5.82 Å². The molecule has 1 saturated heterocycles. The van der Waals surface area contributed by atoms with Crippen LogP contribution in [0.15, 0.2) is 12.3 Å². The molecule has 0 saturated carbocycles. The second-order valence-electron chi connectivity index (χ2n) is 4.75. The predicted molar refractivity (Wildman–Crippen MR) is 70.1 cm³/mol. The molecule has 1 aromatic rings. The molecule has 1 aliphatic rings. The largest absolute Gasteiger partial charge is 0.370 e. The van der Waals surface area contributed by atoms with E-state index in [1.807, 2.05) is 19.2 Å². The van der Waals surface area contributed by atoms with Crippen LogP contribution in [-0.4, -0.2) is 41.0 Å². The third-order valence-electron chi connectivity index (χ3n) is 3.50. The van der Waals surface area contributed by atoms with E-state index in [0.717, 1.165) is 24.1 Å². The van der Waals surface area contributed by atoms with E-state index in [1.54, 1.807) is 0 Å². The summed E-state index contributed by atoms with van der Waals surface area (Å²) in [4.78, 5) is 11.0. The van der Waals surface area contributed by atoms with Gasteiger partial charge in [0.2, 0.25) is 0 Å². The fraction of sp³-hybridized carbons (Fsp3) is 0.692. The Balaban J connectivity index is 1.76. The fourth-order valence-electron chi connectivity index (χ4n) is 2.31. The minimum Gasteiger partial charge on any atom is -0.370 e. The van der Waals surface area contributed by atoms with Gasteiger partial charge in [0, 0.05) is 12.7 Å². The zero-order chi connectivity index (χ0) is 12.1. The number of rotatable bonds is 4. The molecule has 1 aromatic heterocycles. The van der Waals surface area contributed by atoms with Gasteiger partial charge in [-0.1, -0.05) is 6.92 Å². The molecule has 0 aromatic carbocycles. The van der Waals surface area contributed by atoms with Gasteiger partial charge in [0.15, 0.2) is 0 Å². The van der Waals surface area contributed by atoms with Crippen LogP contribution in [0.3, 0.4) is 0 Å².